The first-order valence-electron chi connectivity index (χ1n) is 9.53. The van der Waals surface area contributed by atoms with Crippen molar-refractivity contribution in [3.05, 3.63) is 0 Å². The van der Waals surface area contributed by atoms with Crippen LogP contribution in [0.15, 0.2) is 0 Å². The summed E-state index contributed by atoms with van der Waals surface area (Å²) in [5.74, 6) is 0. The quantitative estimate of drug-likeness (QED) is 0.624. The Morgan fingerprint density at radius 2 is 1.20 bits per heavy atom. The number of urea groups is 1. The number of amides is 3. The third-order valence-electron chi connectivity index (χ3n) is 4.89. The number of hydrogen-bond donors (Lipinski definition) is 4. The lowest BCUT2D eigenvalue weighted by molar-refractivity contribution is 0.0490. The van der Waals surface area contributed by atoms with Crippen LogP contribution < -0.4 is 21.7 Å². The minimum atomic E-state index is -0.482. The predicted molar refractivity (Wildman–Crippen MR) is 97.3 cm³/mol. The van der Waals surface area contributed by atoms with E-state index in [4.69, 9.17) is 10.5 Å². The summed E-state index contributed by atoms with van der Waals surface area (Å²) >= 11 is 0. The summed E-state index contributed by atoms with van der Waals surface area (Å²) < 4.78 is 5.29. The zero-order chi connectivity index (χ0) is 18.4. The second kappa shape index (κ2) is 8.74. The van der Waals surface area contributed by atoms with Crippen molar-refractivity contribution >= 4 is 12.1 Å². The van der Waals surface area contributed by atoms with E-state index < -0.39 is 5.60 Å². The van der Waals surface area contributed by atoms with Gasteiger partial charge in [0.2, 0.25) is 0 Å². The normalized spacial score (nSPS) is 30.2. The lowest BCUT2D eigenvalue weighted by atomic mass is 9.91. The second-order valence-electron chi connectivity index (χ2n) is 8.42. The van der Waals surface area contributed by atoms with Gasteiger partial charge < -0.3 is 26.4 Å². The van der Waals surface area contributed by atoms with Crippen molar-refractivity contribution in [3.8, 4) is 0 Å². The summed E-state index contributed by atoms with van der Waals surface area (Å²) in [6.45, 7) is 5.56. The molecule has 0 heterocycles. The largest absolute Gasteiger partial charge is 0.444 e. The third kappa shape index (κ3) is 7.50. The molecule has 7 heteroatoms. The fourth-order valence-electron chi connectivity index (χ4n) is 3.53. The first-order valence-corrected chi connectivity index (χ1v) is 9.53. The highest BCUT2D eigenvalue weighted by atomic mass is 16.6. The Labute approximate surface area is 150 Å². The summed E-state index contributed by atoms with van der Waals surface area (Å²) in [5, 5.41) is 9.04. The Kier molecular flexibility index (Phi) is 6.93. The summed E-state index contributed by atoms with van der Waals surface area (Å²) in [5.41, 5.74) is 5.41. The summed E-state index contributed by atoms with van der Waals surface area (Å²) in [4.78, 5) is 23.9. The third-order valence-corrected chi connectivity index (χ3v) is 4.89. The molecule has 0 radical (unpaired) electrons. The van der Waals surface area contributed by atoms with Crippen LogP contribution in [0.2, 0.25) is 0 Å². The SMILES string of the molecule is CC(C)(C)OC(=O)NC1CCC(NC(=O)NC2CCC(N)CC2)CC1. The Bertz CT molecular complexity index is 448. The smallest absolute Gasteiger partial charge is 0.407 e. The van der Waals surface area contributed by atoms with Crippen LogP contribution in [0.3, 0.4) is 0 Å². The van der Waals surface area contributed by atoms with Crippen LogP contribution >= 0.6 is 0 Å². The zero-order valence-electron chi connectivity index (χ0n) is 15.8. The fourth-order valence-corrected chi connectivity index (χ4v) is 3.53. The number of rotatable bonds is 3. The molecule has 2 saturated carbocycles. The second-order valence-corrected chi connectivity index (χ2v) is 8.42. The van der Waals surface area contributed by atoms with E-state index >= 15 is 0 Å². The number of carbonyl (C=O) groups excluding carboxylic acids is 2. The van der Waals surface area contributed by atoms with E-state index in [9.17, 15) is 9.59 Å². The monoisotopic (exact) mass is 354 g/mol. The first kappa shape index (κ1) is 19.8. The molecule has 3 amide bonds. The number of carbonyl (C=O) groups is 2. The van der Waals surface area contributed by atoms with E-state index in [1.165, 1.54) is 0 Å². The molecule has 0 saturated heterocycles. The molecule has 144 valence electrons. The van der Waals surface area contributed by atoms with Gasteiger partial charge in [-0.2, -0.15) is 0 Å². The average Bonchev–Trinajstić information content (AvgIpc) is 2.49. The molecule has 0 aromatic carbocycles. The molecule has 2 fully saturated rings. The van der Waals surface area contributed by atoms with Gasteiger partial charge in [-0.05, 0) is 72.1 Å². The molecule has 0 unspecified atom stereocenters. The molecule has 2 aliphatic rings. The maximum Gasteiger partial charge on any atom is 0.407 e. The lowest BCUT2D eigenvalue weighted by Crippen LogP contribution is -2.50. The van der Waals surface area contributed by atoms with E-state index in [0.29, 0.717) is 0 Å². The molecule has 2 rings (SSSR count). The Morgan fingerprint density at radius 3 is 1.64 bits per heavy atom. The van der Waals surface area contributed by atoms with Gasteiger partial charge in [0.1, 0.15) is 5.60 Å². The maximum atomic E-state index is 12.1. The number of nitrogens with one attached hydrogen (secondary N) is 3. The highest BCUT2D eigenvalue weighted by Crippen LogP contribution is 2.20. The van der Waals surface area contributed by atoms with Crippen molar-refractivity contribution < 1.29 is 14.3 Å². The van der Waals surface area contributed by atoms with Crippen LogP contribution in [0.4, 0.5) is 9.59 Å². The number of hydrogen-bond acceptors (Lipinski definition) is 4. The molecule has 0 aliphatic heterocycles. The summed E-state index contributed by atoms with van der Waals surface area (Å²) in [6, 6.07) is 0.737. The Morgan fingerprint density at radius 1 is 0.800 bits per heavy atom. The van der Waals surface area contributed by atoms with Gasteiger partial charge in [0, 0.05) is 24.2 Å². The first-order chi connectivity index (χ1) is 11.7. The highest BCUT2D eigenvalue weighted by Gasteiger charge is 2.26. The highest BCUT2D eigenvalue weighted by molar-refractivity contribution is 5.74. The van der Waals surface area contributed by atoms with E-state index in [2.05, 4.69) is 16.0 Å². The molecule has 25 heavy (non-hydrogen) atoms. The number of alkyl carbamates (subject to hydrolysis) is 1. The molecule has 7 nitrogen and oxygen atoms in total. The minimum Gasteiger partial charge on any atom is -0.444 e. The van der Waals surface area contributed by atoms with Gasteiger partial charge in [-0.15, -0.1) is 0 Å². The maximum absolute atomic E-state index is 12.1. The van der Waals surface area contributed by atoms with Gasteiger partial charge in [0.15, 0.2) is 0 Å². The van der Waals surface area contributed by atoms with Gasteiger partial charge >= 0.3 is 12.1 Å². The molecule has 0 aromatic heterocycles. The standard InChI is InChI=1S/C18H34N4O3/c1-18(2,3)25-17(24)22-15-10-8-14(9-11-15)21-16(23)20-13-6-4-12(19)5-7-13/h12-15H,4-11,19H2,1-3H3,(H,22,24)(H2,20,21,23). The van der Waals surface area contributed by atoms with Crippen LogP contribution in [-0.2, 0) is 4.74 Å². The fraction of sp³-hybridized carbons (Fsp3) is 0.889. The number of ether oxygens (including phenoxy) is 1. The molecule has 2 aliphatic carbocycles. The van der Waals surface area contributed by atoms with Crippen molar-refractivity contribution in [2.45, 2.75) is 102 Å². The lowest BCUT2D eigenvalue weighted by Gasteiger charge is -2.31. The molecular weight excluding hydrogens is 320 g/mol. The van der Waals surface area contributed by atoms with E-state index in [0.717, 1.165) is 51.4 Å². The minimum absolute atomic E-state index is 0.0796. The van der Waals surface area contributed by atoms with Gasteiger partial charge in [0.05, 0.1) is 0 Å². The molecule has 0 aromatic rings. The van der Waals surface area contributed by atoms with Crippen LogP contribution in [0, 0.1) is 0 Å². The topological polar surface area (TPSA) is 105 Å². The van der Waals surface area contributed by atoms with Crippen molar-refractivity contribution in [2.24, 2.45) is 5.73 Å². The van der Waals surface area contributed by atoms with Gasteiger partial charge in [-0.1, -0.05) is 0 Å². The number of nitrogens with two attached hydrogens (primary N) is 1. The van der Waals surface area contributed by atoms with E-state index in [-0.39, 0.29) is 36.3 Å². The predicted octanol–water partition coefficient (Wildman–Crippen LogP) is 2.39. The molecule has 5 N–H and O–H groups in total. The van der Waals surface area contributed by atoms with Crippen LogP contribution in [0.5, 0.6) is 0 Å². The van der Waals surface area contributed by atoms with Gasteiger partial charge in [-0.25, -0.2) is 9.59 Å². The Balaban J connectivity index is 1.63. The van der Waals surface area contributed by atoms with Crippen LogP contribution in [0.25, 0.3) is 0 Å². The van der Waals surface area contributed by atoms with Crippen LogP contribution in [-0.4, -0.2) is 41.9 Å². The van der Waals surface area contributed by atoms with Crippen molar-refractivity contribution in [1.29, 1.82) is 0 Å². The zero-order valence-corrected chi connectivity index (χ0v) is 15.8. The molecule has 0 bridgehead atoms. The average molecular weight is 354 g/mol. The van der Waals surface area contributed by atoms with E-state index in [1.807, 2.05) is 20.8 Å². The van der Waals surface area contributed by atoms with Crippen molar-refractivity contribution in [2.75, 3.05) is 0 Å². The molecular formula is C18H34N4O3. The molecule has 0 spiro atoms. The van der Waals surface area contributed by atoms with Gasteiger partial charge in [-0.3, -0.25) is 0 Å². The summed E-state index contributed by atoms with van der Waals surface area (Å²) in [7, 11) is 0. The van der Waals surface area contributed by atoms with E-state index in [1.54, 1.807) is 0 Å². The van der Waals surface area contributed by atoms with Crippen molar-refractivity contribution in [3.63, 3.8) is 0 Å². The molecule has 0 atom stereocenters. The van der Waals surface area contributed by atoms with Gasteiger partial charge in [0.25, 0.3) is 0 Å². The Hall–Kier alpha value is -1.50. The van der Waals surface area contributed by atoms with Crippen molar-refractivity contribution in [1.82, 2.24) is 16.0 Å². The van der Waals surface area contributed by atoms with Crippen LogP contribution in [0.1, 0.15) is 72.1 Å². The summed E-state index contributed by atoms with van der Waals surface area (Å²) in [6.07, 6.45) is 6.94.